The molecule has 102 valence electrons. The molecule has 0 atom stereocenters. The summed E-state index contributed by atoms with van der Waals surface area (Å²) in [5, 5.41) is 3.40. The Morgan fingerprint density at radius 2 is 2.20 bits per heavy atom. The molecule has 5 nitrogen and oxygen atoms in total. The topological polar surface area (TPSA) is 55.9 Å². The third-order valence-electron chi connectivity index (χ3n) is 3.19. The lowest BCUT2D eigenvalue weighted by Gasteiger charge is -2.09. The van der Waals surface area contributed by atoms with Crippen LogP contribution in [0.3, 0.4) is 0 Å². The second-order valence-electron chi connectivity index (χ2n) is 4.47. The number of rotatable bonds is 5. The number of hydrogen-bond donors (Lipinski definition) is 1. The van der Waals surface area contributed by atoms with Crippen molar-refractivity contribution in [3.63, 3.8) is 0 Å². The first kappa shape index (κ1) is 12.5. The molecule has 5 heteroatoms. The van der Waals surface area contributed by atoms with Gasteiger partial charge in [0.1, 0.15) is 0 Å². The summed E-state index contributed by atoms with van der Waals surface area (Å²) >= 11 is 0. The minimum absolute atomic E-state index is 0.744. The highest BCUT2D eigenvalue weighted by atomic mass is 16.3. The van der Waals surface area contributed by atoms with Gasteiger partial charge in [-0.2, -0.15) is 0 Å². The number of hydrogen-bond acceptors (Lipinski definition) is 4. The molecule has 0 amide bonds. The number of aryl methyl sites for hydroxylation is 1. The third kappa shape index (κ3) is 2.56. The third-order valence-corrected chi connectivity index (χ3v) is 3.19. The Kier molecular flexibility index (Phi) is 3.50. The van der Waals surface area contributed by atoms with E-state index in [9.17, 15) is 0 Å². The van der Waals surface area contributed by atoms with Crippen molar-refractivity contribution in [1.82, 2.24) is 14.5 Å². The largest absolute Gasteiger partial charge is 0.444 e. The molecule has 2 heterocycles. The minimum Gasteiger partial charge on any atom is -0.444 e. The molecular formula is C15H16N4O. The summed E-state index contributed by atoms with van der Waals surface area (Å²) in [6.45, 7) is 3.78. The smallest absolute Gasteiger partial charge is 0.181 e. The van der Waals surface area contributed by atoms with Crippen LogP contribution in [0.5, 0.6) is 0 Å². The van der Waals surface area contributed by atoms with Crippen molar-refractivity contribution in [3.8, 4) is 11.3 Å². The Hall–Kier alpha value is -2.56. The number of aromatic nitrogens is 3. The number of benzene rings is 1. The second kappa shape index (κ2) is 5.61. The maximum absolute atomic E-state index is 5.31. The summed E-state index contributed by atoms with van der Waals surface area (Å²) in [5.74, 6) is 0.771. The van der Waals surface area contributed by atoms with E-state index in [4.69, 9.17) is 4.42 Å². The van der Waals surface area contributed by atoms with Gasteiger partial charge in [-0.1, -0.05) is 12.1 Å². The second-order valence-corrected chi connectivity index (χ2v) is 4.47. The van der Waals surface area contributed by atoms with Crippen LogP contribution in [0.25, 0.3) is 11.3 Å². The van der Waals surface area contributed by atoms with Crippen LogP contribution in [-0.2, 0) is 13.1 Å². The summed E-state index contributed by atoms with van der Waals surface area (Å²) in [6, 6.07) is 8.08. The van der Waals surface area contributed by atoms with Gasteiger partial charge >= 0.3 is 0 Å². The normalized spacial score (nSPS) is 10.7. The van der Waals surface area contributed by atoms with Gasteiger partial charge in [0.2, 0.25) is 0 Å². The average Bonchev–Trinajstić information content (AvgIpc) is 3.16. The first-order valence-corrected chi connectivity index (χ1v) is 6.58. The van der Waals surface area contributed by atoms with Crippen molar-refractivity contribution >= 4 is 5.69 Å². The van der Waals surface area contributed by atoms with Gasteiger partial charge in [-0.05, 0) is 19.1 Å². The monoisotopic (exact) mass is 268 g/mol. The zero-order chi connectivity index (χ0) is 13.8. The molecule has 0 spiro atoms. The molecular weight excluding hydrogens is 252 g/mol. The van der Waals surface area contributed by atoms with E-state index in [0.717, 1.165) is 35.8 Å². The summed E-state index contributed by atoms with van der Waals surface area (Å²) in [6.07, 6.45) is 6.89. The van der Waals surface area contributed by atoms with Crippen LogP contribution in [0.4, 0.5) is 5.69 Å². The zero-order valence-electron chi connectivity index (χ0n) is 11.3. The first-order valence-electron chi connectivity index (χ1n) is 6.58. The van der Waals surface area contributed by atoms with E-state index >= 15 is 0 Å². The van der Waals surface area contributed by atoms with Gasteiger partial charge in [-0.15, -0.1) is 0 Å². The van der Waals surface area contributed by atoms with E-state index in [2.05, 4.69) is 26.8 Å². The van der Waals surface area contributed by atoms with E-state index in [1.54, 1.807) is 6.20 Å². The molecule has 3 aromatic rings. The number of nitrogens with zero attached hydrogens (tertiary/aromatic N) is 3. The molecule has 0 fully saturated rings. The van der Waals surface area contributed by atoms with Gasteiger partial charge in [0.15, 0.2) is 12.2 Å². The van der Waals surface area contributed by atoms with E-state index in [1.807, 2.05) is 36.8 Å². The standard InChI is InChI=1S/C15H16N4O/c1-2-19-10-16-7-14(19)8-18-13-5-3-4-12(6-13)15-9-17-11-20-15/h3-7,9-11,18H,2,8H2,1H3. The predicted molar refractivity (Wildman–Crippen MR) is 77.2 cm³/mol. The molecule has 0 unspecified atom stereocenters. The minimum atomic E-state index is 0.744. The lowest BCUT2D eigenvalue weighted by Crippen LogP contribution is -2.05. The van der Waals surface area contributed by atoms with Crippen molar-refractivity contribution < 1.29 is 4.42 Å². The van der Waals surface area contributed by atoms with E-state index in [0.29, 0.717) is 0 Å². The molecule has 0 aliphatic heterocycles. The molecule has 1 N–H and O–H groups in total. The van der Waals surface area contributed by atoms with Crippen LogP contribution in [0.15, 0.2) is 53.8 Å². The van der Waals surface area contributed by atoms with E-state index < -0.39 is 0 Å². The number of nitrogens with one attached hydrogen (secondary N) is 1. The lowest BCUT2D eigenvalue weighted by molar-refractivity contribution is 0.572. The van der Waals surface area contributed by atoms with Crippen molar-refractivity contribution in [3.05, 3.63) is 55.1 Å². The Bertz CT molecular complexity index is 673. The Labute approximate surface area is 117 Å². The van der Waals surface area contributed by atoms with Crippen molar-refractivity contribution in [2.45, 2.75) is 20.0 Å². The highest BCUT2D eigenvalue weighted by Crippen LogP contribution is 2.22. The Morgan fingerprint density at radius 1 is 1.25 bits per heavy atom. The molecule has 0 saturated carbocycles. The van der Waals surface area contributed by atoms with Crippen molar-refractivity contribution in [2.24, 2.45) is 0 Å². The van der Waals surface area contributed by atoms with Gasteiger partial charge in [-0.3, -0.25) is 0 Å². The molecule has 0 saturated heterocycles. The SMILES string of the molecule is CCn1cncc1CNc1cccc(-c2cnco2)c1. The molecule has 3 rings (SSSR count). The van der Waals surface area contributed by atoms with Crippen LogP contribution < -0.4 is 5.32 Å². The maximum Gasteiger partial charge on any atom is 0.181 e. The van der Waals surface area contributed by atoms with Gasteiger partial charge in [0.25, 0.3) is 0 Å². The van der Waals surface area contributed by atoms with Crippen LogP contribution in [0.1, 0.15) is 12.6 Å². The zero-order valence-corrected chi connectivity index (χ0v) is 11.3. The number of imidazole rings is 1. The molecule has 0 radical (unpaired) electrons. The number of oxazole rings is 1. The number of anilines is 1. The predicted octanol–water partition coefficient (Wildman–Crippen LogP) is 3.17. The molecule has 0 aliphatic rings. The fourth-order valence-electron chi connectivity index (χ4n) is 2.11. The van der Waals surface area contributed by atoms with Crippen LogP contribution in [0.2, 0.25) is 0 Å². The molecule has 0 aliphatic carbocycles. The van der Waals surface area contributed by atoms with Crippen LogP contribution in [0, 0.1) is 0 Å². The highest BCUT2D eigenvalue weighted by molar-refractivity contribution is 5.63. The van der Waals surface area contributed by atoms with Gasteiger partial charge in [-0.25, -0.2) is 9.97 Å². The van der Waals surface area contributed by atoms with E-state index in [-0.39, 0.29) is 0 Å². The fourth-order valence-corrected chi connectivity index (χ4v) is 2.11. The van der Waals surface area contributed by atoms with Gasteiger partial charge in [0.05, 0.1) is 24.8 Å². The quantitative estimate of drug-likeness (QED) is 0.772. The molecule has 0 bridgehead atoms. The summed E-state index contributed by atoms with van der Waals surface area (Å²) < 4.78 is 7.43. The van der Waals surface area contributed by atoms with Crippen LogP contribution in [-0.4, -0.2) is 14.5 Å². The lowest BCUT2D eigenvalue weighted by atomic mass is 10.1. The summed E-state index contributed by atoms with van der Waals surface area (Å²) in [4.78, 5) is 8.10. The molecule has 20 heavy (non-hydrogen) atoms. The Balaban J connectivity index is 1.74. The first-order chi connectivity index (χ1) is 9.86. The van der Waals surface area contributed by atoms with E-state index in [1.165, 1.54) is 6.39 Å². The van der Waals surface area contributed by atoms with Crippen molar-refractivity contribution in [2.75, 3.05) is 5.32 Å². The fraction of sp³-hybridized carbons (Fsp3) is 0.200. The molecule has 2 aromatic heterocycles. The summed E-state index contributed by atoms with van der Waals surface area (Å²) in [5.41, 5.74) is 3.22. The average molecular weight is 268 g/mol. The van der Waals surface area contributed by atoms with Gasteiger partial charge in [0, 0.05) is 24.0 Å². The maximum atomic E-state index is 5.31. The summed E-state index contributed by atoms with van der Waals surface area (Å²) in [7, 11) is 0. The Morgan fingerprint density at radius 3 is 3.00 bits per heavy atom. The highest BCUT2D eigenvalue weighted by Gasteiger charge is 2.04. The van der Waals surface area contributed by atoms with Crippen molar-refractivity contribution in [1.29, 1.82) is 0 Å². The van der Waals surface area contributed by atoms with Gasteiger partial charge < -0.3 is 14.3 Å². The molecule has 1 aromatic carbocycles. The van der Waals surface area contributed by atoms with Crippen LogP contribution >= 0.6 is 0 Å².